The molecule has 0 atom stereocenters. The van der Waals surface area contributed by atoms with Gasteiger partial charge in [0, 0.05) is 13.0 Å². The Labute approximate surface area is 154 Å². The zero-order valence-electron chi connectivity index (χ0n) is 15.2. The van der Waals surface area contributed by atoms with Crippen LogP contribution >= 0.6 is 0 Å². The first-order chi connectivity index (χ1) is 12.4. The summed E-state index contributed by atoms with van der Waals surface area (Å²) in [6.07, 6.45) is 1.05. The number of anilines is 2. The highest BCUT2D eigenvalue weighted by atomic mass is 32.2. The highest BCUT2D eigenvalue weighted by Gasteiger charge is 2.25. The molecule has 0 aliphatic heterocycles. The van der Waals surface area contributed by atoms with Crippen LogP contribution in [0.2, 0.25) is 0 Å². The maximum absolute atomic E-state index is 13.1. The summed E-state index contributed by atoms with van der Waals surface area (Å²) in [7, 11) is -2.30. The van der Waals surface area contributed by atoms with Gasteiger partial charge in [-0.2, -0.15) is 0 Å². The molecule has 0 radical (unpaired) electrons. The SMILES string of the molecule is CCCC(=O)Nc1cc(S(=O)(=O)N(CC)c2ccccc2)ccc1OC. The van der Waals surface area contributed by atoms with Crippen LogP contribution in [-0.4, -0.2) is 28.0 Å². The van der Waals surface area contributed by atoms with Gasteiger partial charge in [-0.15, -0.1) is 0 Å². The molecule has 0 fully saturated rings. The van der Waals surface area contributed by atoms with E-state index in [1.165, 1.54) is 23.5 Å². The van der Waals surface area contributed by atoms with Crippen molar-refractivity contribution < 1.29 is 17.9 Å². The van der Waals surface area contributed by atoms with Crippen molar-refractivity contribution in [1.29, 1.82) is 0 Å². The van der Waals surface area contributed by atoms with Gasteiger partial charge in [-0.25, -0.2) is 8.42 Å². The normalized spacial score (nSPS) is 11.0. The smallest absolute Gasteiger partial charge is 0.264 e. The number of amides is 1. The number of rotatable bonds is 8. The van der Waals surface area contributed by atoms with Gasteiger partial charge in [0.25, 0.3) is 10.0 Å². The number of carbonyl (C=O) groups excluding carboxylic acids is 1. The molecule has 0 bridgehead atoms. The number of hydrogen-bond donors (Lipinski definition) is 1. The lowest BCUT2D eigenvalue weighted by atomic mass is 10.2. The molecular formula is C19H24N2O4S. The second-order valence-corrected chi connectivity index (χ2v) is 7.53. The molecule has 1 N–H and O–H groups in total. The molecule has 0 heterocycles. The Kier molecular flexibility index (Phi) is 6.63. The average Bonchev–Trinajstić information content (AvgIpc) is 2.63. The summed E-state index contributed by atoms with van der Waals surface area (Å²) in [4.78, 5) is 12.0. The Morgan fingerprint density at radius 2 is 1.81 bits per heavy atom. The first kappa shape index (κ1) is 19.8. The highest BCUT2D eigenvalue weighted by molar-refractivity contribution is 7.92. The van der Waals surface area contributed by atoms with Gasteiger partial charge in [0.05, 0.1) is 23.4 Å². The number of nitrogens with zero attached hydrogens (tertiary/aromatic N) is 1. The van der Waals surface area contributed by atoms with E-state index in [1.807, 2.05) is 13.0 Å². The van der Waals surface area contributed by atoms with Crippen LogP contribution in [0.1, 0.15) is 26.7 Å². The summed E-state index contributed by atoms with van der Waals surface area (Å²) < 4.78 is 32.8. The van der Waals surface area contributed by atoms with Crippen molar-refractivity contribution in [3.8, 4) is 5.75 Å². The molecule has 0 aliphatic carbocycles. The molecule has 0 saturated heterocycles. The number of sulfonamides is 1. The molecule has 2 rings (SSSR count). The number of methoxy groups -OCH3 is 1. The fourth-order valence-electron chi connectivity index (χ4n) is 2.60. The van der Waals surface area contributed by atoms with Gasteiger partial charge in [-0.1, -0.05) is 25.1 Å². The first-order valence-corrected chi connectivity index (χ1v) is 9.93. The number of benzene rings is 2. The molecular weight excluding hydrogens is 352 g/mol. The fourth-order valence-corrected chi connectivity index (χ4v) is 4.10. The number of nitrogens with one attached hydrogen (secondary N) is 1. The molecule has 0 spiro atoms. The van der Waals surface area contributed by atoms with E-state index in [1.54, 1.807) is 37.3 Å². The molecule has 6 nitrogen and oxygen atoms in total. The Morgan fingerprint density at radius 3 is 2.38 bits per heavy atom. The summed E-state index contributed by atoms with van der Waals surface area (Å²) in [6, 6.07) is 13.4. The van der Waals surface area contributed by atoms with Gasteiger partial charge in [-0.05, 0) is 43.7 Å². The monoisotopic (exact) mass is 376 g/mol. The highest BCUT2D eigenvalue weighted by Crippen LogP contribution is 2.30. The van der Waals surface area contributed by atoms with Gasteiger partial charge in [0.1, 0.15) is 5.75 Å². The quantitative estimate of drug-likeness (QED) is 0.763. The number of para-hydroxylation sites is 1. The van der Waals surface area contributed by atoms with Crippen molar-refractivity contribution in [2.24, 2.45) is 0 Å². The lowest BCUT2D eigenvalue weighted by Gasteiger charge is -2.23. The van der Waals surface area contributed by atoms with Crippen LogP contribution < -0.4 is 14.4 Å². The van der Waals surface area contributed by atoms with E-state index in [-0.39, 0.29) is 17.3 Å². The number of ether oxygens (including phenoxy) is 1. The predicted molar refractivity (Wildman–Crippen MR) is 103 cm³/mol. The zero-order valence-corrected chi connectivity index (χ0v) is 16.0. The summed E-state index contributed by atoms with van der Waals surface area (Å²) in [5.74, 6) is 0.229. The van der Waals surface area contributed by atoms with E-state index in [2.05, 4.69) is 5.32 Å². The number of hydrogen-bond acceptors (Lipinski definition) is 4. The Bertz CT molecular complexity index is 851. The van der Waals surface area contributed by atoms with E-state index in [4.69, 9.17) is 4.74 Å². The second-order valence-electron chi connectivity index (χ2n) is 5.67. The van der Waals surface area contributed by atoms with Crippen LogP contribution in [0.15, 0.2) is 53.4 Å². The third kappa shape index (κ3) is 4.35. The standard InChI is InChI=1S/C19H24N2O4S/c1-4-9-19(22)20-17-14-16(12-13-18(17)25-3)26(23,24)21(5-2)15-10-7-6-8-11-15/h6-8,10-14H,4-5,9H2,1-3H3,(H,20,22). The van der Waals surface area contributed by atoms with Gasteiger partial charge in [-0.3, -0.25) is 9.10 Å². The minimum absolute atomic E-state index is 0.0933. The van der Waals surface area contributed by atoms with E-state index in [0.29, 0.717) is 30.0 Å². The molecule has 7 heteroatoms. The molecule has 0 unspecified atom stereocenters. The van der Waals surface area contributed by atoms with E-state index >= 15 is 0 Å². The van der Waals surface area contributed by atoms with Crippen molar-refractivity contribution in [2.45, 2.75) is 31.6 Å². The molecule has 0 aliphatic rings. The third-order valence-electron chi connectivity index (χ3n) is 3.84. The van der Waals surface area contributed by atoms with Crippen LogP contribution in [0.3, 0.4) is 0 Å². The molecule has 2 aromatic rings. The summed E-state index contributed by atoms with van der Waals surface area (Å²) in [6.45, 7) is 3.96. The second kappa shape index (κ2) is 8.71. The summed E-state index contributed by atoms with van der Waals surface area (Å²) >= 11 is 0. The molecule has 0 aromatic heterocycles. The van der Waals surface area contributed by atoms with Crippen molar-refractivity contribution in [1.82, 2.24) is 0 Å². The molecule has 2 aromatic carbocycles. The van der Waals surface area contributed by atoms with Crippen molar-refractivity contribution >= 4 is 27.3 Å². The maximum Gasteiger partial charge on any atom is 0.264 e. The predicted octanol–water partition coefficient (Wildman–Crippen LogP) is 3.65. The Hall–Kier alpha value is -2.54. The van der Waals surface area contributed by atoms with Crippen LogP contribution in [0.5, 0.6) is 5.75 Å². The third-order valence-corrected chi connectivity index (χ3v) is 5.74. The molecule has 26 heavy (non-hydrogen) atoms. The van der Waals surface area contributed by atoms with Crippen LogP contribution in [0, 0.1) is 0 Å². The molecule has 140 valence electrons. The van der Waals surface area contributed by atoms with E-state index in [9.17, 15) is 13.2 Å². The average molecular weight is 376 g/mol. The van der Waals surface area contributed by atoms with Gasteiger partial charge in [0.15, 0.2) is 0 Å². The van der Waals surface area contributed by atoms with Crippen LogP contribution in [0.25, 0.3) is 0 Å². The topological polar surface area (TPSA) is 75.7 Å². The van der Waals surface area contributed by atoms with Gasteiger partial charge in [0.2, 0.25) is 5.91 Å². The minimum Gasteiger partial charge on any atom is -0.495 e. The maximum atomic E-state index is 13.1. The number of carbonyl (C=O) groups is 1. The summed E-state index contributed by atoms with van der Waals surface area (Å²) in [5.41, 5.74) is 0.929. The van der Waals surface area contributed by atoms with E-state index < -0.39 is 10.0 Å². The first-order valence-electron chi connectivity index (χ1n) is 8.49. The van der Waals surface area contributed by atoms with Crippen molar-refractivity contribution in [2.75, 3.05) is 23.3 Å². The van der Waals surface area contributed by atoms with Gasteiger partial charge >= 0.3 is 0 Å². The Balaban J connectivity index is 2.44. The van der Waals surface area contributed by atoms with Crippen LogP contribution in [-0.2, 0) is 14.8 Å². The Morgan fingerprint density at radius 1 is 1.12 bits per heavy atom. The molecule has 0 saturated carbocycles. The van der Waals surface area contributed by atoms with Crippen molar-refractivity contribution in [3.63, 3.8) is 0 Å². The van der Waals surface area contributed by atoms with Gasteiger partial charge < -0.3 is 10.1 Å². The minimum atomic E-state index is -3.77. The molecule has 1 amide bonds. The lowest BCUT2D eigenvalue weighted by Crippen LogP contribution is -2.30. The summed E-state index contributed by atoms with van der Waals surface area (Å²) in [5, 5.41) is 2.72. The fraction of sp³-hybridized carbons (Fsp3) is 0.316. The van der Waals surface area contributed by atoms with E-state index in [0.717, 1.165) is 0 Å². The zero-order chi connectivity index (χ0) is 19.2. The lowest BCUT2D eigenvalue weighted by molar-refractivity contribution is -0.116. The largest absolute Gasteiger partial charge is 0.495 e. The van der Waals surface area contributed by atoms with Crippen molar-refractivity contribution in [3.05, 3.63) is 48.5 Å². The van der Waals surface area contributed by atoms with Crippen LogP contribution in [0.4, 0.5) is 11.4 Å².